The van der Waals surface area contributed by atoms with E-state index in [4.69, 9.17) is 0 Å². The Bertz CT molecular complexity index is 442. The molecule has 1 aromatic rings. The number of hydrogen-bond donors (Lipinski definition) is 0. The summed E-state index contributed by atoms with van der Waals surface area (Å²) in [6.45, 7) is 0. The molecular formula is C14H13F3. The predicted molar refractivity (Wildman–Crippen MR) is 59.5 cm³/mol. The molecule has 2 aliphatic rings. The smallest absolute Gasteiger partial charge is 0.166 e. The molecule has 3 unspecified atom stereocenters. The highest BCUT2D eigenvalue weighted by Gasteiger charge is 2.37. The number of fused-ring (bicyclic) bond motifs is 2. The molecule has 1 saturated carbocycles. The van der Waals surface area contributed by atoms with Crippen LogP contribution in [0.25, 0.3) is 0 Å². The van der Waals surface area contributed by atoms with Crippen molar-refractivity contribution in [3.63, 3.8) is 0 Å². The lowest BCUT2D eigenvalue weighted by atomic mass is 9.86. The fraction of sp³-hybridized carbons (Fsp3) is 0.429. The first-order valence-corrected chi connectivity index (χ1v) is 5.89. The third kappa shape index (κ3) is 1.88. The van der Waals surface area contributed by atoms with E-state index >= 15 is 0 Å². The second-order valence-electron chi connectivity index (χ2n) is 5.01. The molecule has 0 nitrogen and oxygen atoms in total. The zero-order valence-electron chi connectivity index (χ0n) is 9.24. The molecule has 0 amide bonds. The van der Waals surface area contributed by atoms with Gasteiger partial charge in [-0.3, -0.25) is 0 Å². The van der Waals surface area contributed by atoms with Crippen molar-refractivity contribution in [1.29, 1.82) is 0 Å². The van der Waals surface area contributed by atoms with Gasteiger partial charge in [0.15, 0.2) is 0 Å². The molecule has 3 atom stereocenters. The second kappa shape index (κ2) is 3.62. The third-order valence-electron chi connectivity index (χ3n) is 3.95. The van der Waals surface area contributed by atoms with Crippen molar-refractivity contribution in [1.82, 2.24) is 0 Å². The zero-order chi connectivity index (χ0) is 12.0. The molecule has 3 heteroatoms. The van der Waals surface area contributed by atoms with E-state index in [1.165, 1.54) is 18.6 Å². The molecule has 3 rings (SSSR count). The highest BCUT2D eigenvalue weighted by molar-refractivity contribution is 5.31. The highest BCUT2D eigenvalue weighted by atomic mass is 19.4. The molecule has 0 aliphatic heterocycles. The van der Waals surface area contributed by atoms with E-state index in [0.29, 0.717) is 17.8 Å². The summed E-state index contributed by atoms with van der Waals surface area (Å²) in [5.74, 6) is 1.61. The van der Waals surface area contributed by atoms with E-state index in [9.17, 15) is 13.2 Å². The first-order chi connectivity index (χ1) is 8.04. The molecule has 1 fully saturated rings. The van der Waals surface area contributed by atoms with Gasteiger partial charge in [0.25, 0.3) is 0 Å². The topological polar surface area (TPSA) is 0 Å². The Morgan fingerprint density at radius 1 is 0.941 bits per heavy atom. The lowest BCUT2D eigenvalue weighted by Crippen LogP contribution is -2.07. The summed E-state index contributed by atoms with van der Waals surface area (Å²) in [7, 11) is 0. The van der Waals surface area contributed by atoms with Crippen molar-refractivity contribution in [3.8, 4) is 0 Å². The predicted octanol–water partition coefficient (Wildman–Crippen LogP) is 4.39. The Hall–Kier alpha value is -1.25. The molecule has 0 saturated heterocycles. The number of allylic oxidation sites excluding steroid dienone is 2. The molecule has 2 bridgehead atoms. The molecule has 0 spiro atoms. The molecule has 0 heterocycles. The fourth-order valence-corrected chi connectivity index (χ4v) is 3.08. The van der Waals surface area contributed by atoms with E-state index in [0.717, 1.165) is 12.0 Å². The summed E-state index contributed by atoms with van der Waals surface area (Å²) in [5, 5.41) is 0. The second-order valence-corrected chi connectivity index (χ2v) is 5.01. The lowest BCUT2D eigenvalue weighted by Gasteiger charge is -2.19. The highest BCUT2D eigenvalue weighted by Crippen LogP contribution is 2.48. The summed E-state index contributed by atoms with van der Waals surface area (Å²) in [5.41, 5.74) is 0.495. The van der Waals surface area contributed by atoms with Crippen LogP contribution in [0.1, 0.15) is 29.9 Å². The quantitative estimate of drug-likeness (QED) is 0.637. The van der Waals surface area contributed by atoms with Crippen LogP contribution in [-0.4, -0.2) is 0 Å². The SMILES string of the molecule is FC(F)(F)c1ccc(C2CC3C=CC2C3)cc1. The van der Waals surface area contributed by atoms with Gasteiger partial charge in [-0.15, -0.1) is 0 Å². The van der Waals surface area contributed by atoms with Crippen LogP contribution in [0.15, 0.2) is 36.4 Å². The third-order valence-corrected chi connectivity index (χ3v) is 3.95. The molecule has 17 heavy (non-hydrogen) atoms. The van der Waals surface area contributed by atoms with E-state index in [1.807, 2.05) is 0 Å². The standard InChI is InChI=1S/C14H13F3/c15-14(16,17)12-5-3-10(4-6-12)13-8-9-1-2-11(13)7-9/h1-6,9,11,13H,7-8H2. The Kier molecular flexibility index (Phi) is 2.32. The van der Waals surface area contributed by atoms with Crippen molar-refractivity contribution < 1.29 is 13.2 Å². The van der Waals surface area contributed by atoms with Gasteiger partial charge in [0.1, 0.15) is 0 Å². The zero-order valence-corrected chi connectivity index (χ0v) is 9.24. The van der Waals surface area contributed by atoms with Gasteiger partial charge in [-0.05, 0) is 48.3 Å². The number of halogens is 3. The van der Waals surface area contributed by atoms with Gasteiger partial charge in [-0.2, -0.15) is 13.2 Å². The van der Waals surface area contributed by atoms with Gasteiger partial charge in [0.05, 0.1) is 5.56 Å². The maximum Gasteiger partial charge on any atom is 0.416 e. The summed E-state index contributed by atoms with van der Waals surface area (Å²) < 4.78 is 37.3. The Labute approximate surface area is 98.1 Å². The molecule has 0 N–H and O–H groups in total. The van der Waals surface area contributed by atoms with Crippen LogP contribution in [-0.2, 0) is 6.18 Å². The first kappa shape index (κ1) is 10.9. The van der Waals surface area contributed by atoms with Gasteiger partial charge in [-0.1, -0.05) is 24.3 Å². The van der Waals surface area contributed by atoms with Crippen LogP contribution in [0, 0.1) is 11.8 Å². The van der Waals surface area contributed by atoms with Crippen LogP contribution < -0.4 is 0 Å². The average Bonchev–Trinajstić information content (AvgIpc) is 2.89. The summed E-state index contributed by atoms with van der Waals surface area (Å²) in [6.07, 6.45) is 2.49. The van der Waals surface area contributed by atoms with Crippen molar-refractivity contribution in [2.45, 2.75) is 24.9 Å². The lowest BCUT2D eigenvalue weighted by molar-refractivity contribution is -0.137. The van der Waals surface area contributed by atoms with Gasteiger partial charge in [0.2, 0.25) is 0 Å². The maximum atomic E-state index is 12.4. The monoisotopic (exact) mass is 238 g/mol. The van der Waals surface area contributed by atoms with Gasteiger partial charge >= 0.3 is 6.18 Å². The van der Waals surface area contributed by atoms with Gasteiger partial charge < -0.3 is 0 Å². The minimum atomic E-state index is -4.23. The van der Waals surface area contributed by atoms with Crippen molar-refractivity contribution >= 4 is 0 Å². The molecule has 0 radical (unpaired) electrons. The number of benzene rings is 1. The van der Waals surface area contributed by atoms with Crippen LogP contribution in [0.3, 0.4) is 0 Å². The Morgan fingerprint density at radius 3 is 2.12 bits per heavy atom. The largest absolute Gasteiger partial charge is 0.416 e. The summed E-state index contributed by atoms with van der Waals surface area (Å²) in [4.78, 5) is 0. The average molecular weight is 238 g/mol. The van der Waals surface area contributed by atoms with Crippen LogP contribution >= 0.6 is 0 Å². The van der Waals surface area contributed by atoms with Gasteiger partial charge in [0, 0.05) is 0 Å². The molecule has 90 valence electrons. The summed E-state index contributed by atoms with van der Waals surface area (Å²) in [6, 6.07) is 5.68. The molecule has 1 aromatic carbocycles. The van der Waals surface area contributed by atoms with E-state index < -0.39 is 11.7 Å². The Morgan fingerprint density at radius 2 is 1.65 bits per heavy atom. The number of rotatable bonds is 1. The van der Waals surface area contributed by atoms with Crippen molar-refractivity contribution in [2.75, 3.05) is 0 Å². The van der Waals surface area contributed by atoms with Gasteiger partial charge in [-0.25, -0.2) is 0 Å². The van der Waals surface area contributed by atoms with E-state index in [1.54, 1.807) is 12.1 Å². The number of alkyl halides is 3. The van der Waals surface area contributed by atoms with Crippen LogP contribution in [0.2, 0.25) is 0 Å². The molecule has 2 aliphatic carbocycles. The van der Waals surface area contributed by atoms with E-state index in [2.05, 4.69) is 12.2 Å². The minimum Gasteiger partial charge on any atom is -0.166 e. The maximum absolute atomic E-state index is 12.4. The fourth-order valence-electron chi connectivity index (χ4n) is 3.08. The number of hydrogen-bond acceptors (Lipinski definition) is 0. The first-order valence-electron chi connectivity index (χ1n) is 5.89. The normalized spacial score (nSPS) is 31.1. The molecular weight excluding hydrogens is 225 g/mol. The Balaban J connectivity index is 1.84. The van der Waals surface area contributed by atoms with Crippen LogP contribution in [0.5, 0.6) is 0 Å². The van der Waals surface area contributed by atoms with Crippen molar-refractivity contribution in [3.05, 3.63) is 47.5 Å². The summed E-state index contributed by atoms with van der Waals surface area (Å²) >= 11 is 0. The molecule has 0 aromatic heterocycles. The van der Waals surface area contributed by atoms with Crippen LogP contribution in [0.4, 0.5) is 13.2 Å². The van der Waals surface area contributed by atoms with Crippen molar-refractivity contribution in [2.24, 2.45) is 11.8 Å². The van der Waals surface area contributed by atoms with E-state index in [-0.39, 0.29) is 0 Å². The minimum absolute atomic E-state index is 0.423.